The molecule has 2 heterocycles. The highest BCUT2D eigenvalue weighted by atomic mass is 35.6. The van der Waals surface area contributed by atoms with Gasteiger partial charge in [-0.2, -0.15) is 0 Å². The van der Waals surface area contributed by atoms with Crippen LogP contribution in [0.5, 0.6) is 0 Å². The Hall–Kier alpha value is -1.23. The van der Waals surface area contributed by atoms with Gasteiger partial charge in [0.2, 0.25) is 5.78 Å². The monoisotopic (exact) mass is 319 g/mol. The predicted octanol–water partition coefficient (Wildman–Crippen LogP) is 3.40. The van der Waals surface area contributed by atoms with Crippen molar-refractivity contribution in [3.63, 3.8) is 0 Å². The molecule has 4 nitrogen and oxygen atoms in total. The van der Waals surface area contributed by atoms with Crippen LogP contribution < -0.4 is 0 Å². The number of aryl methyl sites for hydroxylation is 1. The van der Waals surface area contributed by atoms with Gasteiger partial charge in [0.15, 0.2) is 5.78 Å². The average molecular weight is 321 g/mol. The largest absolute Gasteiger partial charge is 0.472 e. The van der Waals surface area contributed by atoms with Gasteiger partial charge in [0.1, 0.15) is 6.26 Å². The maximum Gasteiger partial charge on any atom is 0.255 e. The Bertz CT molecular complexity index is 623. The Kier molecular flexibility index (Phi) is 3.76. The second-order valence-corrected chi connectivity index (χ2v) is 6.17. The molecule has 0 atom stereocenters. The number of nitrogens with zero attached hydrogens (tertiary/aromatic N) is 1. The Morgan fingerprint density at radius 2 is 1.95 bits per heavy atom. The summed E-state index contributed by atoms with van der Waals surface area (Å²) < 4.78 is 4.23. The van der Waals surface area contributed by atoms with Crippen molar-refractivity contribution in [2.45, 2.75) is 3.79 Å². The van der Waals surface area contributed by atoms with Gasteiger partial charge in [-0.1, -0.05) is 34.8 Å². The van der Waals surface area contributed by atoms with Gasteiger partial charge in [0, 0.05) is 18.8 Å². The lowest BCUT2D eigenvalue weighted by Gasteiger charge is -2.09. The summed E-state index contributed by atoms with van der Waals surface area (Å²) in [6.07, 6.45) is 4.22. The number of alkyl halides is 3. The normalized spacial score (nSPS) is 11.6. The summed E-state index contributed by atoms with van der Waals surface area (Å²) in [5, 5.41) is 0. The van der Waals surface area contributed by atoms with Gasteiger partial charge in [0.25, 0.3) is 3.79 Å². The first-order chi connectivity index (χ1) is 8.80. The molecule has 19 heavy (non-hydrogen) atoms. The molecule has 2 rings (SSSR count). The number of carbonyl (C=O) groups excluding carboxylic acids is 2. The van der Waals surface area contributed by atoms with Crippen LogP contribution in [0.1, 0.15) is 26.4 Å². The number of hydrogen-bond acceptors (Lipinski definition) is 3. The average Bonchev–Trinajstić information content (AvgIpc) is 2.94. The standard InChI is InChI=1S/C12H8Cl3NO3/c1-16-5-8(10(17)7-2-3-19-6-7)4-9(16)11(18)12(13,14)15/h2-6H,1H3. The predicted molar refractivity (Wildman–Crippen MR) is 72.2 cm³/mol. The molecule has 100 valence electrons. The van der Waals surface area contributed by atoms with Gasteiger partial charge < -0.3 is 8.98 Å². The van der Waals surface area contributed by atoms with Gasteiger partial charge in [-0.25, -0.2) is 0 Å². The van der Waals surface area contributed by atoms with Crippen LogP contribution in [0.2, 0.25) is 0 Å². The van der Waals surface area contributed by atoms with Gasteiger partial charge in [-0.3, -0.25) is 9.59 Å². The van der Waals surface area contributed by atoms with Crippen LogP contribution >= 0.6 is 34.8 Å². The SMILES string of the molecule is Cn1cc(C(=O)c2ccoc2)cc1C(=O)C(Cl)(Cl)Cl. The molecule has 0 fully saturated rings. The number of carbonyl (C=O) groups is 2. The first kappa shape index (κ1) is 14.2. The van der Waals surface area contributed by atoms with Crippen molar-refractivity contribution >= 4 is 46.4 Å². The third-order valence-corrected chi connectivity index (χ3v) is 3.06. The highest BCUT2D eigenvalue weighted by Gasteiger charge is 2.34. The van der Waals surface area contributed by atoms with E-state index < -0.39 is 9.58 Å². The van der Waals surface area contributed by atoms with Gasteiger partial charge in [0.05, 0.1) is 17.5 Å². The van der Waals surface area contributed by atoms with E-state index in [0.29, 0.717) is 11.1 Å². The second-order valence-electron chi connectivity index (χ2n) is 3.89. The van der Waals surface area contributed by atoms with Crippen molar-refractivity contribution in [1.29, 1.82) is 0 Å². The van der Waals surface area contributed by atoms with Crippen LogP contribution in [0.15, 0.2) is 35.3 Å². The number of aromatic nitrogens is 1. The second kappa shape index (κ2) is 5.04. The Labute approximate surface area is 123 Å². The summed E-state index contributed by atoms with van der Waals surface area (Å²) in [6.45, 7) is 0. The van der Waals surface area contributed by atoms with E-state index in [1.165, 1.54) is 35.4 Å². The Balaban J connectivity index is 2.37. The van der Waals surface area contributed by atoms with Crippen molar-refractivity contribution in [3.8, 4) is 0 Å². The number of rotatable bonds is 3. The molecule has 0 amide bonds. The minimum atomic E-state index is -2.05. The third kappa shape index (κ3) is 2.86. The Morgan fingerprint density at radius 1 is 1.26 bits per heavy atom. The molecule has 2 aromatic rings. The van der Waals surface area contributed by atoms with Crippen molar-refractivity contribution in [2.75, 3.05) is 0 Å². The van der Waals surface area contributed by atoms with E-state index in [1.54, 1.807) is 7.05 Å². The Morgan fingerprint density at radius 3 is 2.47 bits per heavy atom. The number of ketones is 2. The summed E-state index contributed by atoms with van der Waals surface area (Å²) in [6, 6.07) is 2.92. The van der Waals surface area contributed by atoms with Crippen molar-refractivity contribution in [3.05, 3.63) is 47.7 Å². The van der Waals surface area contributed by atoms with Crippen LogP contribution in [-0.4, -0.2) is 19.9 Å². The maximum atomic E-state index is 12.1. The number of halogens is 3. The summed E-state index contributed by atoms with van der Waals surface area (Å²) in [7, 11) is 1.59. The molecule has 0 bridgehead atoms. The first-order valence-corrected chi connectivity index (χ1v) is 6.29. The zero-order valence-corrected chi connectivity index (χ0v) is 12.0. The van der Waals surface area contributed by atoms with E-state index >= 15 is 0 Å². The molecule has 0 saturated carbocycles. The van der Waals surface area contributed by atoms with E-state index in [9.17, 15) is 9.59 Å². The fraction of sp³-hybridized carbons (Fsp3) is 0.167. The van der Waals surface area contributed by atoms with Crippen LogP contribution in [0.3, 0.4) is 0 Å². The summed E-state index contributed by atoms with van der Waals surface area (Å²) in [4.78, 5) is 23.9. The van der Waals surface area contributed by atoms with Crippen molar-refractivity contribution in [1.82, 2.24) is 4.57 Å². The lowest BCUT2D eigenvalue weighted by Crippen LogP contribution is -2.21. The third-order valence-electron chi connectivity index (χ3n) is 2.54. The molecular formula is C12H8Cl3NO3. The lowest BCUT2D eigenvalue weighted by molar-refractivity contribution is 0.0988. The minimum absolute atomic E-state index is 0.145. The minimum Gasteiger partial charge on any atom is -0.472 e. The molecule has 0 aliphatic heterocycles. The van der Waals surface area contributed by atoms with E-state index in [1.807, 2.05) is 0 Å². The molecule has 0 spiro atoms. The van der Waals surface area contributed by atoms with Gasteiger partial charge >= 0.3 is 0 Å². The van der Waals surface area contributed by atoms with Gasteiger partial charge in [-0.05, 0) is 12.1 Å². The highest BCUT2D eigenvalue weighted by molar-refractivity contribution is 6.77. The van der Waals surface area contributed by atoms with E-state index in [4.69, 9.17) is 39.2 Å². The summed E-state index contributed by atoms with van der Waals surface area (Å²) in [5.41, 5.74) is 0.854. The molecule has 0 N–H and O–H groups in total. The molecule has 0 aromatic carbocycles. The highest BCUT2D eigenvalue weighted by Crippen LogP contribution is 2.31. The number of Topliss-reactive ketones (excluding diaryl/α,β-unsaturated/α-hetero) is 1. The maximum absolute atomic E-state index is 12.1. The molecule has 0 radical (unpaired) electrons. The molecule has 2 aromatic heterocycles. The zero-order valence-electron chi connectivity index (χ0n) is 9.69. The smallest absolute Gasteiger partial charge is 0.255 e. The van der Waals surface area contributed by atoms with Crippen molar-refractivity contribution < 1.29 is 14.0 Å². The van der Waals surface area contributed by atoms with Crippen LogP contribution in [0.25, 0.3) is 0 Å². The van der Waals surface area contributed by atoms with E-state index in [0.717, 1.165) is 0 Å². The van der Waals surface area contributed by atoms with E-state index in [-0.39, 0.29) is 11.5 Å². The van der Waals surface area contributed by atoms with E-state index in [2.05, 4.69) is 0 Å². The van der Waals surface area contributed by atoms with Crippen LogP contribution in [0.4, 0.5) is 0 Å². The topological polar surface area (TPSA) is 52.2 Å². The van der Waals surface area contributed by atoms with Crippen LogP contribution in [0, 0.1) is 0 Å². The zero-order chi connectivity index (χ0) is 14.2. The first-order valence-electron chi connectivity index (χ1n) is 5.15. The molecule has 0 saturated heterocycles. The molecule has 0 aliphatic rings. The lowest BCUT2D eigenvalue weighted by atomic mass is 10.1. The molecule has 0 aliphatic carbocycles. The van der Waals surface area contributed by atoms with Gasteiger partial charge in [-0.15, -0.1) is 0 Å². The number of furan rings is 1. The number of hydrogen-bond donors (Lipinski definition) is 0. The molecule has 7 heteroatoms. The van der Waals surface area contributed by atoms with Crippen molar-refractivity contribution in [2.24, 2.45) is 7.05 Å². The molecular weight excluding hydrogens is 312 g/mol. The fourth-order valence-corrected chi connectivity index (χ4v) is 1.91. The van der Waals surface area contributed by atoms with Crippen LogP contribution in [-0.2, 0) is 7.05 Å². The summed E-state index contributed by atoms with van der Waals surface area (Å²) >= 11 is 16.6. The fourth-order valence-electron chi connectivity index (χ4n) is 1.62. The summed E-state index contributed by atoms with van der Waals surface area (Å²) in [5.74, 6) is -0.959. The molecule has 0 unspecified atom stereocenters. The quantitative estimate of drug-likeness (QED) is 0.643.